The standard InChI is InChI=1S/C10H10BrFO3/c1-10(5-13,9(14)15)7-4-6(11)2-3-8(7)12/h2-4,13H,5H2,1H3,(H,14,15). The van der Waals surface area contributed by atoms with Crippen molar-refractivity contribution in [2.75, 3.05) is 6.61 Å². The first-order valence-corrected chi connectivity index (χ1v) is 5.01. The highest BCUT2D eigenvalue weighted by Gasteiger charge is 2.37. The van der Waals surface area contributed by atoms with Gasteiger partial charge in [0.25, 0.3) is 0 Å². The Morgan fingerprint density at radius 2 is 2.20 bits per heavy atom. The molecule has 0 fully saturated rings. The highest BCUT2D eigenvalue weighted by molar-refractivity contribution is 9.10. The number of aliphatic hydroxyl groups excluding tert-OH is 1. The summed E-state index contributed by atoms with van der Waals surface area (Å²) in [4.78, 5) is 11.0. The van der Waals surface area contributed by atoms with Crippen LogP contribution in [-0.2, 0) is 10.2 Å². The molecule has 0 aliphatic heterocycles. The van der Waals surface area contributed by atoms with Crippen LogP contribution in [0, 0.1) is 5.82 Å². The van der Waals surface area contributed by atoms with Crippen molar-refractivity contribution in [3.05, 3.63) is 34.1 Å². The summed E-state index contributed by atoms with van der Waals surface area (Å²) in [6.45, 7) is 0.621. The molecule has 0 saturated carbocycles. The smallest absolute Gasteiger partial charge is 0.316 e. The van der Waals surface area contributed by atoms with E-state index in [-0.39, 0.29) is 5.56 Å². The van der Waals surface area contributed by atoms with Gasteiger partial charge in [-0.2, -0.15) is 0 Å². The molecule has 0 amide bonds. The maximum atomic E-state index is 13.4. The van der Waals surface area contributed by atoms with Crippen LogP contribution in [0.2, 0.25) is 0 Å². The number of aliphatic hydroxyl groups is 1. The number of hydrogen-bond donors (Lipinski definition) is 2. The zero-order valence-electron chi connectivity index (χ0n) is 8.00. The van der Waals surface area contributed by atoms with Crippen LogP contribution < -0.4 is 0 Å². The molecule has 0 spiro atoms. The third-order valence-electron chi connectivity index (χ3n) is 2.31. The van der Waals surface area contributed by atoms with Crippen LogP contribution in [0.3, 0.4) is 0 Å². The maximum Gasteiger partial charge on any atom is 0.316 e. The summed E-state index contributed by atoms with van der Waals surface area (Å²) in [7, 11) is 0. The lowest BCUT2D eigenvalue weighted by molar-refractivity contribution is -0.144. The zero-order valence-corrected chi connectivity index (χ0v) is 9.58. The van der Waals surface area contributed by atoms with Crippen molar-refractivity contribution in [1.29, 1.82) is 0 Å². The van der Waals surface area contributed by atoms with E-state index >= 15 is 0 Å². The Bertz CT molecular complexity index is 394. The molecule has 0 saturated heterocycles. The van der Waals surface area contributed by atoms with Crippen LogP contribution in [0.4, 0.5) is 4.39 Å². The minimum Gasteiger partial charge on any atom is -0.481 e. The van der Waals surface area contributed by atoms with Gasteiger partial charge in [0, 0.05) is 10.0 Å². The quantitative estimate of drug-likeness (QED) is 0.887. The van der Waals surface area contributed by atoms with Gasteiger partial charge in [-0.15, -0.1) is 0 Å². The molecule has 0 heterocycles. The Balaban J connectivity index is 3.35. The lowest BCUT2D eigenvalue weighted by Gasteiger charge is -2.23. The van der Waals surface area contributed by atoms with Crippen molar-refractivity contribution >= 4 is 21.9 Å². The van der Waals surface area contributed by atoms with Crippen molar-refractivity contribution < 1.29 is 19.4 Å². The number of carboxylic acid groups (broad SMARTS) is 1. The van der Waals surface area contributed by atoms with E-state index in [1.165, 1.54) is 19.1 Å². The first kappa shape index (κ1) is 12.1. The molecule has 1 unspecified atom stereocenters. The minimum atomic E-state index is -1.62. The second kappa shape index (κ2) is 4.28. The SMILES string of the molecule is CC(CO)(C(=O)O)c1cc(Br)ccc1F. The van der Waals surface area contributed by atoms with Crippen LogP contribution in [0.5, 0.6) is 0 Å². The van der Waals surface area contributed by atoms with Gasteiger partial charge in [-0.1, -0.05) is 15.9 Å². The molecule has 0 radical (unpaired) electrons. The average Bonchev–Trinajstić information content (AvgIpc) is 2.20. The minimum absolute atomic E-state index is 0.0353. The van der Waals surface area contributed by atoms with Crippen molar-refractivity contribution in [2.45, 2.75) is 12.3 Å². The summed E-state index contributed by atoms with van der Waals surface area (Å²) in [6, 6.07) is 3.99. The van der Waals surface area contributed by atoms with E-state index in [0.29, 0.717) is 4.47 Å². The average molecular weight is 277 g/mol. The summed E-state index contributed by atoms with van der Waals surface area (Å²) < 4.78 is 14.0. The van der Waals surface area contributed by atoms with E-state index in [9.17, 15) is 9.18 Å². The maximum absolute atomic E-state index is 13.4. The van der Waals surface area contributed by atoms with E-state index in [4.69, 9.17) is 10.2 Å². The van der Waals surface area contributed by atoms with Gasteiger partial charge in [0.2, 0.25) is 0 Å². The number of carbonyl (C=O) groups is 1. The Hall–Kier alpha value is -0.940. The number of hydrogen-bond acceptors (Lipinski definition) is 2. The van der Waals surface area contributed by atoms with E-state index in [1.807, 2.05) is 0 Å². The van der Waals surface area contributed by atoms with Crippen LogP contribution in [0.1, 0.15) is 12.5 Å². The summed E-state index contributed by atoms with van der Waals surface area (Å²) >= 11 is 3.13. The molecule has 82 valence electrons. The first-order valence-electron chi connectivity index (χ1n) is 4.21. The summed E-state index contributed by atoms with van der Waals surface area (Å²) in [6.07, 6.45) is 0. The Morgan fingerprint density at radius 3 is 2.67 bits per heavy atom. The molecule has 0 bridgehead atoms. The topological polar surface area (TPSA) is 57.5 Å². The van der Waals surface area contributed by atoms with Crippen LogP contribution in [-0.4, -0.2) is 22.8 Å². The van der Waals surface area contributed by atoms with E-state index in [1.54, 1.807) is 0 Å². The van der Waals surface area contributed by atoms with Crippen LogP contribution in [0.25, 0.3) is 0 Å². The van der Waals surface area contributed by atoms with Gasteiger partial charge in [-0.25, -0.2) is 4.39 Å². The molecule has 0 aliphatic carbocycles. The van der Waals surface area contributed by atoms with Gasteiger partial charge in [0.05, 0.1) is 6.61 Å². The monoisotopic (exact) mass is 276 g/mol. The normalized spacial score (nSPS) is 14.7. The van der Waals surface area contributed by atoms with E-state index in [0.717, 1.165) is 6.07 Å². The largest absolute Gasteiger partial charge is 0.481 e. The highest BCUT2D eigenvalue weighted by atomic mass is 79.9. The third kappa shape index (κ3) is 2.18. The van der Waals surface area contributed by atoms with Gasteiger partial charge < -0.3 is 10.2 Å². The molecule has 15 heavy (non-hydrogen) atoms. The number of halogens is 2. The van der Waals surface area contributed by atoms with Crippen molar-refractivity contribution in [2.24, 2.45) is 0 Å². The van der Waals surface area contributed by atoms with Crippen LogP contribution >= 0.6 is 15.9 Å². The summed E-state index contributed by atoms with van der Waals surface area (Å²) in [5.74, 6) is -1.90. The molecule has 0 aromatic heterocycles. The first-order chi connectivity index (χ1) is 6.91. The lowest BCUT2D eigenvalue weighted by atomic mass is 9.83. The third-order valence-corrected chi connectivity index (χ3v) is 2.80. The number of aliphatic carboxylic acids is 1. The van der Waals surface area contributed by atoms with E-state index < -0.39 is 23.8 Å². The zero-order chi connectivity index (χ0) is 11.6. The molecule has 3 nitrogen and oxygen atoms in total. The number of carboxylic acids is 1. The second-order valence-corrected chi connectivity index (χ2v) is 4.34. The number of benzene rings is 1. The molecule has 1 atom stereocenters. The van der Waals surface area contributed by atoms with Gasteiger partial charge in [0.15, 0.2) is 0 Å². The predicted molar refractivity (Wildman–Crippen MR) is 56.2 cm³/mol. The van der Waals surface area contributed by atoms with Gasteiger partial charge in [0.1, 0.15) is 11.2 Å². The highest BCUT2D eigenvalue weighted by Crippen LogP contribution is 2.28. The van der Waals surface area contributed by atoms with Gasteiger partial charge in [-0.05, 0) is 25.1 Å². The van der Waals surface area contributed by atoms with Crippen LogP contribution in [0.15, 0.2) is 22.7 Å². The Labute approximate surface area is 94.7 Å². The molecule has 5 heteroatoms. The molecule has 0 aliphatic rings. The van der Waals surface area contributed by atoms with Crippen molar-refractivity contribution in [1.82, 2.24) is 0 Å². The second-order valence-electron chi connectivity index (χ2n) is 3.42. The fraction of sp³-hybridized carbons (Fsp3) is 0.300. The van der Waals surface area contributed by atoms with E-state index in [2.05, 4.69) is 15.9 Å². The van der Waals surface area contributed by atoms with Crippen molar-refractivity contribution in [3.63, 3.8) is 0 Å². The van der Waals surface area contributed by atoms with Gasteiger partial charge in [-0.3, -0.25) is 4.79 Å². The Kier molecular flexibility index (Phi) is 3.46. The molecular formula is C10H10BrFO3. The molecule has 1 aromatic rings. The molecular weight excluding hydrogens is 267 g/mol. The predicted octanol–water partition coefficient (Wildman–Crippen LogP) is 1.92. The van der Waals surface area contributed by atoms with Gasteiger partial charge >= 0.3 is 5.97 Å². The molecule has 2 N–H and O–H groups in total. The lowest BCUT2D eigenvalue weighted by Crippen LogP contribution is -2.37. The fourth-order valence-corrected chi connectivity index (χ4v) is 1.55. The number of rotatable bonds is 3. The summed E-state index contributed by atoms with van der Waals surface area (Å²) in [5.41, 5.74) is -1.65. The Morgan fingerprint density at radius 1 is 1.60 bits per heavy atom. The van der Waals surface area contributed by atoms with Crippen molar-refractivity contribution in [3.8, 4) is 0 Å². The fourth-order valence-electron chi connectivity index (χ4n) is 1.19. The molecule has 1 aromatic carbocycles. The summed E-state index contributed by atoms with van der Waals surface area (Å²) in [5, 5.41) is 18.0. The molecule has 1 rings (SSSR count).